The van der Waals surface area contributed by atoms with E-state index in [1.807, 2.05) is 19.3 Å². The highest BCUT2D eigenvalue weighted by Gasteiger charge is 2.48. The number of carbonyl (C=O) groups excluding carboxylic acids is 1. The Morgan fingerprint density at radius 2 is 1.76 bits per heavy atom. The third kappa shape index (κ3) is 4.67. The van der Waals surface area contributed by atoms with Gasteiger partial charge in [-0.1, -0.05) is 0 Å². The molecule has 0 bridgehead atoms. The number of hydrogen-bond acceptors (Lipinski definition) is 6. The molecule has 0 N–H and O–H groups in total. The minimum Gasteiger partial charge on any atom is -0.490 e. The fourth-order valence-electron chi connectivity index (χ4n) is 5.22. The molecule has 3 saturated heterocycles. The second-order valence-electron chi connectivity index (χ2n) is 9.91. The zero-order chi connectivity index (χ0) is 23.0. The van der Waals surface area contributed by atoms with E-state index in [1.165, 1.54) is 5.69 Å². The number of piperidine rings is 2. The van der Waals surface area contributed by atoms with Gasteiger partial charge < -0.3 is 19.3 Å². The molecule has 178 valence electrons. The second kappa shape index (κ2) is 8.89. The van der Waals surface area contributed by atoms with Crippen molar-refractivity contribution in [2.75, 3.05) is 42.5 Å². The average Bonchev–Trinajstić information content (AvgIpc) is 3.38. The van der Waals surface area contributed by atoms with E-state index >= 15 is 0 Å². The maximum atomic E-state index is 12.5. The van der Waals surface area contributed by atoms with Crippen LogP contribution in [-0.2, 0) is 11.8 Å². The van der Waals surface area contributed by atoms with Crippen LogP contribution in [0.25, 0.3) is 0 Å². The lowest BCUT2D eigenvalue weighted by Gasteiger charge is -2.38. The summed E-state index contributed by atoms with van der Waals surface area (Å²) in [5.41, 5.74) is 0.775. The minimum atomic E-state index is -0.418. The van der Waals surface area contributed by atoms with Crippen LogP contribution < -0.4 is 14.5 Å². The molecular formula is C25H35N5O3. The van der Waals surface area contributed by atoms with Gasteiger partial charge >= 0.3 is 6.09 Å². The smallest absolute Gasteiger partial charge is 0.416 e. The van der Waals surface area contributed by atoms with Gasteiger partial charge in [0.05, 0.1) is 6.54 Å². The van der Waals surface area contributed by atoms with Crippen LogP contribution >= 0.6 is 0 Å². The first-order valence-corrected chi connectivity index (χ1v) is 12.2. The van der Waals surface area contributed by atoms with E-state index in [1.54, 1.807) is 9.58 Å². The highest BCUT2D eigenvalue weighted by atomic mass is 16.6. The summed E-state index contributed by atoms with van der Waals surface area (Å²) in [5.74, 6) is 1.61. The zero-order valence-electron chi connectivity index (χ0n) is 19.9. The van der Waals surface area contributed by atoms with E-state index in [4.69, 9.17) is 9.47 Å². The molecule has 33 heavy (non-hydrogen) atoms. The monoisotopic (exact) mass is 453 g/mol. The molecule has 4 heterocycles. The fraction of sp³-hybridized carbons (Fsp3) is 0.600. The number of aryl methyl sites for hydroxylation is 1. The van der Waals surface area contributed by atoms with Gasteiger partial charge in [0.1, 0.15) is 17.5 Å². The molecule has 2 aromatic rings. The quantitative estimate of drug-likeness (QED) is 0.689. The number of carbonyl (C=O) groups is 1. The topological polar surface area (TPSA) is 63.1 Å². The molecule has 1 spiro atoms. The van der Waals surface area contributed by atoms with E-state index in [-0.39, 0.29) is 6.09 Å². The predicted octanol–water partition coefficient (Wildman–Crippen LogP) is 3.67. The Labute approximate surface area is 196 Å². The molecule has 3 aliphatic rings. The van der Waals surface area contributed by atoms with Gasteiger partial charge in [0.2, 0.25) is 0 Å². The Morgan fingerprint density at radius 3 is 2.36 bits per heavy atom. The maximum Gasteiger partial charge on any atom is 0.416 e. The Hall–Kier alpha value is -2.74. The summed E-state index contributed by atoms with van der Waals surface area (Å²) in [6, 6.07) is 10.9. The van der Waals surface area contributed by atoms with Crippen LogP contribution in [0.15, 0.2) is 36.5 Å². The number of ether oxygens (including phenoxy) is 2. The van der Waals surface area contributed by atoms with Crippen LogP contribution in [0.1, 0.15) is 39.5 Å². The van der Waals surface area contributed by atoms with Crippen LogP contribution in [-0.4, -0.2) is 71.2 Å². The summed E-state index contributed by atoms with van der Waals surface area (Å²) in [5, 5.41) is 4.36. The van der Waals surface area contributed by atoms with Gasteiger partial charge in [-0.25, -0.2) is 4.79 Å². The van der Waals surface area contributed by atoms with E-state index in [0.717, 1.165) is 57.6 Å². The lowest BCUT2D eigenvalue weighted by atomic mass is 9.91. The van der Waals surface area contributed by atoms with Crippen molar-refractivity contribution >= 4 is 17.6 Å². The highest BCUT2D eigenvalue weighted by Crippen LogP contribution is 2.36. The third-order valence-corrected chi connectivity index (χ3v) is 7.33. The fourth-order valence-corrected chi connectivity index (χ4v) is 5.22. The number of benzene rings is 1. The van der Waals surface area contributed by atoms with Crippen molar-refractivity contribution in [2.45, 2.75) is 57.3 Å². The van der Waals surface area contributed by atoms with Crippen LogP contribution in [0.3, 0.4) is 0 Å². The molecule has 0 atom stereocenters. The van der Waals surface area contributed by atoms with Gasteiger partial charge in [0.15, 0.2) is 5.82 Å². The van der Waals surface area contributed by atoms with Gasteiger partial charge in [-0.05, 0) is 51.0 Å². The number of likely N-dealkylation sites (tertiary alicyclic amines) is 1. The molecule has 1 aromatic heterocycles. The first kappa shape index (κ1) is 22.1. The number of nitrogens with zero attached hydrogens (tertiary/aromatic N) is 5. The van der Waals surface area contributed by atoms with E-state index in [2.05, 4.69) is 53.0 Å². The number of aromatic nitrogens is 2. The second-order valence-corrected chi connectivity index (χ2v) is 9.91. The van der Waals surface area contributed by atoms with Crippen molar-refractivity contribution in [3.63, 3.8) is 0 Å². The molecule has 0 unspecified atom stereocenters. The van der Waals surface area contributed by atoms with E-state index in [0.29, 0.717) is 24.5 Å². The SMILES string of the molecule is CC(C)N1CCC(Oc2ccc(N3CCC4(CC3)CN(c3ccn(C)n3)C(=O)O4)cc2)CC1. The molecule has 8 nitrogen and oxygen atoms in total. The van der Waals surface area contributed by atoms with Crippen molar-refractivity contribution in [3.8, 4) is 5.75 Å². The van der Waals surface area contributed by atoms with Gasteiger partial charge in [-0.2, -0.15) is 5.10 Å². The lowest BCUT2D eigenvalue weighted by molar-refractivity contribution is 0.0367. The summed E-state index contributed by atoms with van der Waals surface area (Å²) in [4.78, 5) is 19.0. The molecule has 3 fully saturated rings. The van der Waals surface area contributed by atoms with Crippen LogP contribution in [0.4, 0.5) is 16.3 Å². The van der Waals surface area contributed by atoms with Crippen molar-refractivity contribution < 1.29 is 14.3 Å². The van der Waals surface area contributed by atoms with Crippen molar-refractivity contribution in [2.24, 2.45) is 7.05 Å². The maximum absolute atomic E-state index is 12.5. The van der Waals surface area contributed by atoms with E-state index < -0.39 is 5.60 Å². The van der Waals surface area contributed by atoms with Crippen LogP contribution in [0.2, 0.25) is 0 Å². The molecule has 1 aromatic carbocycles. The summed E-state index contributed by atoms with van der Waals surface area (Å²) in [6.07, 6.45) is 5.66. The van der Waals surface area contributed by atoms with Crippen molar-refractivity contribution in [3.05, 3.63) is 36.5 Å². The Kier molecular flexibility index (Phi) is 5.95. The molecule has 0 aliphatic carbocycles. The number of rotatable bonds is 5. The van der Waals surface area contributed by atoms with Crippen LogP contribution in [0.5, 0.6) is 5.75 Å². The summed E-state index contributed by atoms with van der Waals surface area (Å²) in [6.45, 7) is 9.02. The largest absolute Gasteiger partial charge is 0.490 e. The molecule has 3 aliphatic heterocycles. The molecule has 8 heteroatoms. The van der Waals surface area contributed by atoms with Crippen LogP contribution in [0, 0.1) is 0 Å². The summed E-state index contributed by atoms with van der Waals surface area (Å²) in [7, 11) is 1.85. The molecular weight excluding hydrogens is 418 g/mol. The number of hydrogen-bond donors (Lipinski definition) is 0. The van der Waals surface area contributed by atoms with Crippen molar-refractivity contribution in [1.29, 1.82) is 0 Å². The molecule has 1 amide bonds. The van der Waals surface area contributed by atoms with E-state index in [9.17, 15) is 4.79 Å². The van der Waals surface area contributed by atoms with Gasteiger partial charge in [0.25, 0.3) is 0 Å². The number of amides is 1. The lowest BCUT2D eigenvalue weighted by Crippen LogP contribution is -2.47. The third-order valence-electron chi connectivity index (χ3n) is 7.33. The minimum absolute atomic E-state index is 0.289. The van der Waals surface area contributed by atoms with Gasteiger partial charge in [-0.15, -0.1) is 0 Å². The normalized spacial score (nSPS) is 21.8. The standard InChI is InChI=1S/C25H35N5O3/c1-19(2)28-14-8-22(9-15-28)32-21-6-4-20(5-7-21)29-16-11-25(12-17-29)18-30(24(31)33-25)23-10-13-27(3)26-23/h4-7,10,13,19,22H,8-9,11-12,14-18H2,1-3H3. The van der Waals surface area contributed by atoms with Gasteiger partial charge in [0, 0.05) is 70.1 Å². The molecule has 0 saturated carbocycles. The Balaban J connectivity index is 1.14. The van der Waals surface area contributed by atoms with Crippen molar-refractivity contribution in [1.82, 2.24) is 14.7 Å². The number of anilines is 2. The highest BCUT2D eigenvalue weighted by molar-refractivity contribution is 5.89. The first-order valence-electron chi connectivity index (χ1n) is 12.2. The zero-order valence-corrected chi connectivity index (χ0v) is 19.9. The Morgan fingerprint density at radius 1 is 1.06 bits per heavy atom. The Bertz CT molecular complexity index is 957. The average molecular weight is 454 g/mol. The summed E-state index contributed by atoms with van der Waals surface area (Å²) >= 11 is 0. The first-order chi connectivity index (χ1) is 15.9. The predicted molar refractivity (Wildman–Crippen MR) is 128 cm³/mol. The molecule has 5 rings (SSSR count). The molecule has 0 radical (unpaired) electrons. The van der Waals surface area contributed by atoms with Gasteiger partial charge in [-0.3, -0.25) is 9.58 Å². The summed E-state index contributed by atoms with van der Waals surface area (Å²) < 4.78 is 13.8.